The zero-order valence-corrected chi connectivity index (χ0v) is 20.9. The van der Waals surface area contributed by atoms with E-state index in [2.05, 4.69) is 40.0 Å². The van der Waals surface area contributed by atoms with Gasteiger partial charge < -0.3 is 15.5 Å². The van der Waals surface area contributed by atoms with Crippen LogP contribution in [0.5, 0.6) is 0 Å². The highest BCUT2D eigenvalue weighted by atomic mass is 32.2. The lowest BCUT2D eigenvalue weighted by Gasteiger charge is -2.41. The molecule has 9 heteroatoms. The summed E-state index contributed by atoms with van der Waals surface area (Å²) < 4.78 is 1.50. The summed E-state index contributed by atoms with van der Waals surface area (Å²) in [5, 5.41) is 10.4. The fourth-order valence-corrected chi connectivity index (χ4v) is 5.04. The third-order valence-electron chi connectivity index (χ3n) is 7.02. The second-order valence-corrected chi connectivity index (χ2v) is 10.3. The van der Waals surface area contributed by atoms with E-state index < -0.39 is 5.54 Å². The summed E-state index contributed by atoms with van der Waals surface area (Å²) in [4.78, 5) is 41.6. The summed E-state index contributed by atoms with van der Waals surface area (Å²) in [6.07, 6.45) is 8.11. The molecule has 2 aliphatic rings. The zero-order valence-electron chi connectivity index (χ0n) is 20.1. The molecule has 1 aliphatic heterocycles. The van der Waals surface area contributed by atoms with Crippen LogP contribution in [-0.4, -0.2) is 63.8 Å². The lowest BCUT2D eigenvalue weighted by molar-refractivity contribution is -0.133. The van der Waals surface area contributed by atoms with Crippen molar-refractivity contribution in [3.63, 3.8) is 0 Å². The lowest BCUT2D eigenvalue weighted by Crippen LogP contribution is -2.63. The van der Waals surface area contributed by atoms with Gasteiger partial charge in [0.1, 0.15) is 11.2 Å². The first kappa shape index (κ1) is 24.3. The van der Waals surface area contributed by atoms with Crippen LogP contribution in [0.25, 0.3) is 0 Å². The van der Waals surface area contributed by atoms with Gasteiger partial charge in [-0.15, -0.1) is 11.8 Å². The van der Waals surface area contributed by atoms with Crippen LogP contribution in [0.3, 0.4) is 0 Å². The molecule has 0 radical (unpaired) electrons. The number of thioether (sulfide) groups is 1. The highest BCUT2D eigenvalue weighted by Crippen LogP contribution is 2.27. The number of nitrogens with zero attached hydrogens (tertiary/aromatic N) is 3. The van der Waals surface area contributed by atoms with E-state index in [9.17, 15) is 14.4 Å². The first-order valence-electron chi connectivity index (χ1n) is 11.9. The number of rotatable bonds is 7. The van der Waals surface area contributed by atoms with Crippen molar-refractivity contribution in [3.8, 4) is 0 Å². The molecule has 0 saturated heterocycles. The molecule has 1 aliphatic carbocycles. The molecule has 1 aromatic heterocycles. The van der Waals surface area contributed by atoms with Crippen LogP contribution in [0.1, 0.15) is 65.6 Å². The lowest BCUT2D eigenvalue weighted by atomic mass is 9.92. The maximum Gasteiger partial charge on any atom is 0.272 e. The Morgan fingerprint density at radius 3 is 2.56 bits per heavy atom. The minimum atomic E-state index is -1.07. The minimum absolute atomic E-state index is 0.152. The summed E-state index contributed by atoms with van der Waals surface area (Å²) >= 11 is 1.69. The molecule has 1 aromatic carbocycles. The fraction of sp³-hybridized carbons (Fsp3) is 0.520. The van der Waals surface area contributed by atoms with Gasteiger partial charge in [0.2, 0.25) is 5.91 Å². The molecule has 3 amide bonds. The van der Waals surface area contributed by atoms with E-state index in [1.165, 1.54) is 27.0 Å². The Balaban J connectivity index is 1.40. The summed E-state index contributed by atoms with van der Waals surface area (Å²) in [6, 6.07) is 9.91. The second-order valence-electron chi connectivity index (χ2n) is 9.37. The Morgan fingerprint density at radius 2 is 1.88 bits per heavy atom. The number of nitrogens with one attached hydrogen (secondary N) is 2. The second kappa shape index (κ2) is 10.2. The van der Waals surface area contributed by atoms with Gasteiger partial charge in [-0.05, 0) is 50.1 Å². The SMILES string of the molecule is CSc1ccc(CCNC(=O)c2cc3n(n2)C[C@@](C)(C(=O)NC2CCCCC2)N(C)C3=O)cc1. The van der Waals surface area contributed by atoms with Crippen molar-refractivity contribution < 1.29 is 14.4 Å². The number of aromatic nitrogens is 2. The topological polar surface area (TPSA) is 96.3 Å². The zero-order chi connectivity index (χ0) is 24.3. The van der Waals surface area contributed by atoms with Gasteiger partial charge in [-0.2, -0.15) is 5.10 Å². The molecule has 4 rings (SSSR count). The van der Waals surface area contributed by atoms with E-state index in [0.717, 1.165) is 31.2 Å². The predicted molar refractivity (Wildman–Crippen MR) is 132 cm³/mol. The van der Waals surface area contributed by atoms with Crippen LogP contribution in [0.2, 0.25) is 0 Å². The van der Waals surface area contributed by atoms with Crippen LogP contribution in [0, 0.1) is 0 Å². The summed E-state index contributed by atoms with van der Waals surface area (Å²) in [5.74, 6) is -0.811. The van der Waals surface area contributed by atoms with Crippen molar-refractivity contribution in [2.24, 2.45) is 0 Å². The third kappa shape index (κ3) is 4.99. The largest absolute Gasteiger partial charge is 0.351 e. The molecule has 182 valence electrons. The van der Waals surface area contributed by atoms with Crippen molar-refractivity contribution in [2.45, 2.75) is 68.5 Å². The van der Waals surface area contributed by atoms with Crippen LogP contribution in [0.4, 0.5) is 0 Å². The van der Waals surface area contributed by atoms with E-state index >= 15 is 0 Å². The number of benzene rings is 1. The monoisotopic (exact) mass is 483 g/mol. The van der Waals surface area contributed by atoms with E-state index in [1.807, 2.05) is 6.26 Å². The van der Waals surface area contributed by atoms with Crippen LogP contribution in [0.15, 0.2) is 35.2 Å². The quantitative estimate of drug-likeness (QED) is 0.591. The molecule has 1 fully saturated rings. The van der Waals surface area contributed by atoms with E-state index in [-0.39, 0.29) is 36.0 Å². The summed E-state index contributed by atoms with van der Waals surface area (Å²) in [6.45, 7) is 2.43. The van der Waals surface area contributed by atoms with Crippen molar-refractivity contribution in [3.05, 3.63) is 47.3 Å². The Bertz CT molecular complexity index is 1060. The normalized spacial score (nSPS) is 20.7. The Kier molecular flexibility index (Phi) is 7.30. The number of amides is 3. The molecule has 0 bridgehead atoms. The van der Waals surface area contributed by atoms with Crippen LogP contribution in [-0.2, 0) is 17.8 Å². The summed E-state index contributed by atoms with van der Waals surface area (Å²) in [7, 11) is 1.64. The van der Waals surface area contributed by atoms with Crippen LogP contribution >= 0.6 is 11.8 Å². The van der Waals surface area contributed by atoms with Gasteiger partial charge in [0.15, 0.2) is 5.69 Å². The standard InChI is InChI=1S/C25H33N5O3S/c1-25(24(33)27-18-7-5-4-6-8-18)16-30-21(23(32)29(25)2)15-20(28-30)22(31)26-14-13-17-9-11-19(34-3)12-10-17/h9-12,15,18H,4-8,13-14,16H2,1-3H3,(H,26,31)(H,27,33)/t25-/m0/s1. The van der Waals surface area contributed by atoms with Crippen molar-refractivity contribution >= 4 is 29.5 Å². The predicted octanol–water partition coefficient (Wildman–Crippen LogP) is 2.87. The van der Waals surface area contributed by atoms with Gasteiger partial charge >= 0.3 is 0 Å². The van der Waals surface area contributed by atoms with Gasteiger partial charge in [0.05, 0.1) is 6.54 Å². The fourth-order valence-electron chi connectivity index (χ4n) is 4.63. The molecule has 0 unspecified atom stereocenters. The number of hydrogen-bond acceptors (Lipinski definition) is 5. The first-order chi connectivity index (χ1) is 16.3. The highest BCUT2D eigenvalue weighted by molar-refractivity contribution is 7.98. The van der Waals surface area contributed by atoms with Crippen molar-refractivity contribution in [1.82, 2.24) is 25.3 Å². The molecule has 0 spiro atoms. The molecule has 1 saturated carbocycles. The average Bonchev–Trinajstić information content (AvgIpc) is 3.27. The number of carbonyl (C=O) groups is 3. The number of fused-ring (bicyclic) bond motifs is 1. The molecular formula is C25H33N5O3S. The molecule has 2 N–H and O–H groups in total. The van der Waals surface area contributed by atoms with Crippen molar-refractivity contribution in [1.29, 1.82) is 0 Å². The first-order valence-corrected chi connectivity index (χ1v) is 13.1. The Morgan fingerprint density at radius 1 is 1.18 bits per heavy atom. The molecular weight excluding hydrogens is 450 g/mol. The van der Waals surface area contributed by atoms with E-state index in [4.69, 9.17) is 0 Å². The van der Waals surface area contributed by atoms with Gasteiger partial charge in [-0.1, -0.05) is 31.4 Å². The molecule has 2 heterocycles. The summed E-state index contributed by atoms with van der Waals surface area (Å²) in [5.41, 5.74) is 0.581. The maximum atomic E-state index is 13.2. The Hall–Kier alpha value is -2.81. The number of hydrogen-bond donors (Lipinski definition) is 2. The molecule has 1 atom stereocenters. The smallest absolute Gasteiger partial charge is 0.272 e. The van der Waals surface area contributed by atoms with Gasteiger partial charge in [0.25, 0.3) is 11.8 Å². The van der Waals surface area contributed by atoms with Gasteiger partial charge in [-0.3, -0.25) is 19.1 Å². The van der Waals surface area contributed by atoms with Gasteiger partial charge in [-0.25, -0.2) is 0 Å². The van der Waals surface area contributed by atoms with E-state index in [1.54, 1.807) is 25.7 Å². The minimum Gasteiger partial charge on any atom is -0.351 e. The Labute approximate surface area is 204 Å². The van der Waals surface area contributed by atoms with Crippen LogP contribution < -0.4 is 10.6 Å². The van der Waals surface area contributed by atoms with Crippen molar-refractivity contribution in [2.75, 3.05) is 19.8 Å². The highest BCUT2D eigenvalue weighted by Gasteiger charge is 2.46. The maximum absolute atomic E-state index is 13.2. The molecule has 34 heavy (non-hydrogen) atoms. The molecule has 2 aromatic rings. The number of carbonyl (C=O) groups excluding carboxylic acids is 3. The number of likely N-dealkylation sites (N-methyl/N-ethyl adjacent to an activating group) is 1. The van der Waals surface area contributed by atoms with E-state index in [0.29, 0.717) is 18.7 Å². The average molecular weight is 484 g/mol. The third-order valence-corrected chi connectivity index (χ3v) is 7.77. The molecule has 8 nitrogen and oxygen atoms in total. The van der Waals surface area contributed by atoms with Gasteiger partial charge in [0, 0.05) is 30.6 Å².